The third-order valence-electron chi connectivity index (χ3n) is 1.53. The van der Waals surface area contributed by atoms with Crippen LogP contribution in [-0.2, 0) is 0 Å². The quantitative estimate of drug-likeness (QED) is 0.775. The molecule has 0 bridgehead atoms. The van der Waals surface area contributed by atoms with Gasteiger partial charge in [-0.2, -0.15) is 0 Å². The standard InChI is InChI=1S/C8H7N3O3/c1-5-4-7(14-11-5)10-8(12)6-2-3-9-13-6/h2-4H,1H3,(H,10,12). The maximum absolute atomic E-state index is 11.4. The summed E-state index contributed by atoms with van der Waals surface area (Å²) in [5, 5.41) is 9.49. The number of hydrogen-bond acceptors (Lipinski definition) is 5. The summed E-state index contributed by atoms with van der Waals surface area (Å²) >= 11 is 0. The molecule has 0 aliphatic heterocycles. The van der Waals surface area contributed by atoms with Crippen LogP contribution in [0.3, 0.4) is 0 Å². The molecule has 0 aromatic carbocycles. The normalized spacial score (nSPS) is 10.1. The van der Waals surface area contributed by atoms with E-state index < -0.39 is 5.91 Å². The minimum Gasteiger partial charge on any atom is -0.351 e. The van der Waals surface area contributed by atoms with E-state index in [1.165, 1.54) is 12.3 Å². The maximum Gasteiger partial charge on any atom is 0.296 e. The lowest BCUT2D eigenvalue weighted by molar-refractivity contribution is 0.0984. The first kappa shape index (κ1) is 8.49. The first-order valence-electron chi connectivity index (χ1n) is 3.91. The number of hydrogen-bond donors (Lipinski definition) is 1. The van der Waals surface area contributed by atoms with Crippen molar-refractivity contribution in [2.75, 3.05) is 5.32 Å². The Bertz CT molecular complexity index is 432. The van der Waals surface area contributed by atoms with Gasteiger partial charge in [-0.1, -0.05) is 10.3 Å². The van der Waals surface area contributed by atoms with Crippen molar-refractivity contribution in [2.24, 2.45) is 0 Å². The Kier molecular flexibility index (Phi) is 2.02. The van der Waals surface area contributed by atoms with E-state index in [2.05, 4.69) is 20.2 Å². The molecule has 0 fully saturated rings. The first-order valence-corrected chi connectivity index (χ1v) is 3.91. The Morgan fingerprint density at radius 2 is 2.36 bits per heavy atom. The van der Waals surface area contributed by atoms with Gasteiger partial charge in [-0.05, 0) is 6.92 Å². The molecule has 0 saturated carbocycles. The summed E-state index contributed by atoms with van der Waals surface area (Å²) in [6, 6.07) is 3.06. The van der Waals surface area contributed by atoms with E-state index >= 15 is 0 Å². The van der Waals surface area contributed by atoms with Crippen molar-refractivity contribution in [3.05, 3.63) is 29.8 Å². The summed E-state index contributed by atoms with van der Waals surface area (Å²) in [4.78, 5) is 11.4. The van der Waals surface area contributed by atoms with Crippen LogP contribution >= 0.6 is 0 Å². The highest BCUT2D eigenvalue weighted by molar-refractivity contribution is 6.01. The second kappa shape index (κ2) is 3.33. The van der Waals surface area contributed by atoms with E-state index in [1.807, 2.05) is 0 Å². The number of nitrogens with zero attached hydrogens (tertiary/aromatic N) is 2. The average Bonchev–Trinajstić information content (AvgIpc) is 2.75. The van der Waals surface area contributed by atoms with Crippen molar-refractivity contribution in [1.29, 1.82) is 0 Å². The molecule has 0 atom stereocenters. The van der Waals surface area contributed by atoms with Crippen molar-refractivity contribution in [3.63, 3.8) is 0 Å². The smallest absolute Gasteiger partial charge is 0.296 e. The molecule has 0 radical (unpaired) electrons. The molecule has 1 amide bonds. The fraction of sp³-hybridized carbons (Fsp3) is 0.125. The van der Waals surface area contributed by atoms with Crippen LogP contribution in [0.2, 0.25) is 0 Å². The van der Waals surface area contributed by atoms with Crippen LogP contribution in [0.1, 0.15) is 16.2 Å². The van der Waals surface area contributed by atoms with Crippen LogP contribution in [-0.4, -0.2) is 16.2 Å². The number of aryl methyl sites for hydroxylation is 1. The van der Waals surface area contributed by atoms with Crippen LogP contribution < -0.4 is 5.32 Å². The van der Waals surface area contributed by atoms with Gasteiger partial charge in [0.25, 0.3) is 5.91 Å². The number of aromatic nitrogens is 2. The highest BCUT2D eigenvalue weighted by Crippen LogP contribution is 2.10. The first-order chi connectivity index (χ1) is 6.75. The molecule has 14 heavy (non-hydrogen) atoms. The predicted octanol–water partition coefficient (Wildman–Crippen LogP) is 1.22. The molecular weight excluding hydrogens is 186 g/mol. The molecule has 1 N–H and O–H groups in total. The van der Waals surface area contributed by atoms with E-state index in [-0.39, 0.29) is 11.6 Å². The molecule has 72 valence electrons. The Morgan fingerprint density at radius 3 is 2.93 bits per heavy atom. The minimum absolute atomic E-state index is 0.124. The molecule has 0 unspecified atom stereocenters. The molecular formula is C8H7N3O3. The van der Waals surface area contributed by atoms with E-state index in [4.69, 9.17) is 4.52 Å². The van der Waals surface area contributed by atoms with Gasteiger partial charge in [0.15, 0.2) is 0 Å². The van der Waals surface area contributed by atoms with Crippen LogP contribution in [0.25, 0.3) is 0 Å². The number of nitrogens with one attached hydrogen (secondary N) is 1. The molecule has 0 aliphatic carbocycles. The van der Waals surface area contributed by atoms with Gasteiger partial charge in [0, 0.05) is 12.1 Å². The fourth-order valence-electron chi connectivity index (χ4n) is 0.929. The van der Waals surface area contributed by atoms with Crippen molar-refractivity contribution in [3.8, 4) is 0 Å². The van der Waals surface area contributed by atoms with E-state index in [0.717, 1.165) is 0 Å². The van der Waals surface area contributed by atoms with Gasteiger partial charge in [-0.3, -0.25) is 10.1 Å². The van der Waals surface area contributed by atoms with Crippen LogP contribution in [0, 0.1) is 6.92 Å². The second-order valence-corrected chi connectivity index (χ2v) is 2.66. The molecule has 6 heteroatoms. The topological polar surface area (TPSA) is 81.2 Å². The molecule has 2 aromatic rings. The summed E-state index contributed by atoms with van der Waals surface area (Å²) in [5.41, 5.74) is 0.692. The highest BCUT2D eigenvalue weighted by Gasteiger charge is 2.11. The summed E-state index contributed by atoms with van der Waals surface area (Å²) in [6.45, 7) is 1.76. The minimum atomic E-state index is -0.418. The summed E-state index contributed by atoms with van der Waals surface area (Å²) in [6.07, 6.45) is 1.39. The zero-order valence-electron chi connectivity index (χ0n) is 7.35. The monoisotopic (exact) mass is 193 g/mol. The SMILES string of the molecule is Cc1cc(NC(=O)c2ccno2)on1. The molecule has 2 aromatic heterocycles. The zero-order chi connectivity index (χ0) is 9.97. The van der Waals surface area contributed by atoms with E-state index in [9.17, 15) is 4.79 Å². The number of carbonyl (C=O) groups excluding carboxylic acids is 1. The van der Waals surface area contributed by atoms with Gasteiger partial charge < -0.3 is 9.05 Å². The maximum atomic E-state index is 11.4. The van der Waals surface area contributed by atoms with Crippen molar-refractivity contribution in [2.45, 2.75) is 6.92 Å². The lowest BCUT2D eigenvalue weighted by atomic mass is 10.4. The Balaban J connectivity index is 2.09. The molecule has 0 aliphatic rings. The third-order valence-corrected chi connectivity index (χ3v) is 1.53. The van der Waals surface area contributed by atoms with Gasteiger partial charge in [0.1, 0.15) is 0 Å². The van der Waals surface area contributed by atoms with Crippen LogP contribution in [0.15, 0.2) is 27.4 Å². The van der Waals surface area contributed by atoms with E-state index in [1.54, 1.807) is 13.0 Å². The highest BCUT2D eigenvalue weighted by atomic mass is 16.5. The van der Waals surface area contributed by atoms with Crippen LogP contribution in [0.5, 0.6) is 0 Å². The Hall–Kier alpha value is -2.11. The van der Waals surface area contributed by atoms with Crippen molar-refractivity contribution in [1.82, 2.24) is 10.3 Å². The fourth-order valence-corrected chi connectivity index (χ4v) is 0.929. The van der Waals surface area contributed by atoms with Gasteiger partial charge in [-0.15, -0.1) is 0 Å². The largest absolute Gasteiger partial charge is 0.351 e. The molecule has 2 rings (SSSR count). The summed E-state index contributed by atoms with van der Waals surface area (Å²) < 4.78 is 9.44. The van der Waals surface area contributed by atoms with Crippen LogP contribution in [0.4, 0.5) is 5.88 Å². The number of rotatable bonds is 2. The van der Waals surface area contributed by atoms with Gasteiger partial charge in [-0.25, -0.2) is 0 Å². The van der Waals surface area contributed by atoms with E-state index in [0.29, 0.717) is 5.69 Å². The zero-order valence-corrected chi connectivity index (χ0v) is 7.35. The Morgan fingerprint density at radius 1 is 1.50 bits per heavy atom. The van der Waals surface area contributed by atoms with Crippen molar-refractivity contribution < 1.29 is 13.8 Å². The Labute approximate surface area is 78.9 Å². The molecule has 0 spiro atoms. The average molecular weight is 193 g/mol. The van der Waals surface area contributed by atoms with Crippen molar-refractivity contribution >= 4 is 11.8 Å². The van der Waals surface area contributed by atoms with Gasteiger partial charge in [0.05, 0.1) is 11.9 Å². The summed E-state index contributed by atoms with van der Waals surface area (Å²) in [7, 11) is 0. The number of carbonyl (C=O) groups is 1. The number of anilines is 1. The van der Waals surface area contributed by atoms with Gasteiger partial charge in [0.2, 0.25) is 11.6 Å². The molecule has 2 heterocycles. The molecule has 0 saturated heterocycles. The molecule has 6 nitrogen and oxygen atoms in total. The lowest BCUT2D eigenvalue weighted by Gasteiger charge is -1.94. The second-order valence-electron chi connectivity index (χ2n) is 2.66. The number of amides is 1. The predicted molar refractivity (Wildman–Crippen MR) is 45.7 cm³/mol. The summed E-state index contributed by atoms with van der Waals surface area (Å²) in [5.74, 6) is -0.0124. The third kappa shape index (κ3) is 1.63. The van der Waals surface area contributed by atoms with Gasteiger partial charge >= 0.3 is 0 Å². The lowest BCUT2D eigenvalue weighted by Crippen LogP contribution is -2.09.